The lowest BCUT2D eigenvalue weighted by Crippen LogP contribution is -2.32. The third kappa shape index (κ3) is 2.67. The molecule has 0 saturated heterocycles. The second kappa shape index (κ2) is 5.70. The number of rotatable bonds is 4. The molecule has 0 amide bonds. The summed E-state index contributed by atoms with van der Waals surface area (Å²) >= 11 is 1.89. The number of fused-ring (bicyclic) bond motifs is 1. The highest BCUT2D eigenvalue weighted by atomic mass is 32.1. The smallest absolute Gasteiger partial charge is 0.0640 e. The summed E-state index contributed by atoms with van der Waals surface area (Å²) < 4.78 is 2.01. The predicted octanol–water partition coefficient (Wildman–Crippen LogP) is 3.52. The summed E-state index contributed by atoms with van der Waals surface area (Å²) in [7, 11) is 0. The zero-order valence-corrected chi connectivity index (χ0v) is 13.1. The molecule has 0 saturated carbocycles. The number of nitrogens with two attached hydrogens (primary N) is 1. The Hall–Kier alpha value is -1.13. The van der Waals surface area contributed by atoms with Crippen molar-refractivity contribution in [1.29, 1.82) is 0 Å². The van der Waals surface area contributed by atoms with E-state index < -0.39 is 0 Å². The Labute approximate surface area is 124 Å². The molecule has 4 heteroatoms. The van der Waals surface area contributed by atoms with Gasteiger partial charge in [-0.05, 0) is 56.2 Å². The Kier molecular flexibility index (Phi) is 3.94. The number of hydrogen-bond acceptors (Lipinski definition) is 3. The molecule has 2 unspecified atom stereocenters. The Morgan fingerprint density at radius 2 is 2.30 bits per heavy atom. The predicted molar refractivity (Wildman–Crippen MR) is 84.3 cm³/mol. The monoisotopic (exact) mass is 289 g/mol. The molecule has 2 aromatic heterocycles. The van der Waals surface area contributed by atoms with Crippen LogP contribution in [0.25, 0.3) is 0 Å². The molecule has 0 aliphatic heterocycles. The molecule has 0 bridgehead atoms. The van der Waals surface area contributed by atoms with Crippen LogP contribution in [-0.4, -0.2) is 15.8 Å². The van der Waals surface area contributed by atoms with Gasteiger partial charge < -0.3 is 5.73 Å². The number of hydrogen-bond donors (Lipinski definition) is 1. The van der Waals surface area contributed by atoms with Crippen LogP contribution in [0.4, 0.5) is 0 Å². The van der Waals surface area contributed by atoms with Gasteiger partial charge in [0, 0.05) is 35.5 Å². The van der Waals surface area contributed by atoms with Crippen LogP contribution in [0.2, 0.25) is 0 Å². The molecule has 20 heavy (non-hydrogen) atoms. The molecular formula is C16H23N3S. The van der Waals surface area contributed by atoms with E-state index in [0.29, 0.717) is 12.0 Å². The van der Waals surface area contributed by atoms with E-state index in [1.807, 2.05) is 16.0 Å². The minimum absolute atomic E-state index is 0.180. The van der Waals surface area contributed by atoms with Crippen LogP contribution < -0.4 is 5.73 Å². The zero-order chi connectivity index (χ0) is 14.1. The molecule has 0 fully saturated rings. The van der Waals surface area contributed by atoms with Crippen molar-refractivity contribution < 1.29 is 0 Å². The van der Waals surface area contributed by atoms with Gasteiger partial charge in [0.2, 0.25) is 0 Å². The number of aromatic nitrogens is 2. The van der Waals surface area contributed by atoms with Gasteiger partial charge in [0.05, 0.1) is 5.69 Å². The summed E-state index contributed by atoms with van der Waals surface area (Å²) in [4.78, 5) is 1.55. The van der Waals surface area contributed by atoms with Crippen molar-refractivity contribution in [3.63, 3.8) is 0 Å². The van der Waals surface area contributed by atoms with Crippen LogP contribution in [0, 0.1) is 0 Å². The van der Waals surface area contributed by atoms with Gasteiger partial charge in [0.15, 0.2) is 0 Å². The molecule has 2 N–H and O–H groups in total. The highest BCUT2D eigenvalue weighted by Gasteiger charge is 2.27. The minimum Gasteiger partial charge on any atom is -0.327 e. The van der Waals surface area contributed by atoms with E-state index in [9.17, 15) is 0 Å². The first-order valence-electron chi connectivity index (χ1n) is 7.51. The lowest BCUT2D eigenvalue weighted by atomic mass is 9.81. The van der Waals surface area contributed by atoms with Crippen molar-refractivity contribution in [3.8, 4) is 0 Å². The Bertz CT molecular complexity index is 570. The molecule has 2 heterocycles. The molecule has 2 atom stereocenters. The van der Waals surface area contributed by atoms with E-state index in [1.165, 1.54) is 24.8 Å². The zero-order valence-electron chi connectivity index (χ0n) is 12.2. The van der Waals surface area contributed by atoms with E-state index in [2.05, 4.69) is 42.7 Å². The molecule has 3 rings (SSSR count). The fourth-order valence-electron chi connectivity index (χ4n) is 3.12. The van der Waals surface area contributed by atoms with Crippen LogP contribution in [0.1, 0.15) is 54.8 Å². The third-order valence-electron chi connectivity index (χ3n) is 4.25. The highest BCUT2D eigenvalue weighted by Crippen LogP contribution is 2.37. The van der Waals surface area contributed by atoms with Gasteiger partial charge in [-0.25, -0.2) is 0 Å². The molecule has 2 aromatic rings. The van der Waals surface area contributed by atoms with Gasteiger partial charge >= 0.3 is 0 Å². The van der Waals surface area contributed by atoms with Crippen molar-refractivity contribution in [3.05, 3.63) is 39.8 Å². The topological polar surface area (TPSA) is 43.8 Å². The van der Waals surface area contributed by atoms with Crippen LogP contribution in [-0.2, 0) is 12.8 Å². The average molecular weight is 289 g/mol. The maximum atomic E-state index is 6.50. The lowest BCUT2D eigenvalue weighted by Gasteiger charge is -2.27. The molecule has 1 aliphatic carbocycles. The van der Waals surface area contributed by atoms with Gasteiger partial charge in [-0.15, -0.1) is 11.3 Å². The lowest BCUT2D eigenvalue weighted by molar-refractivity contribution is 0.455. The van der Waals surface area contributed by atoms with E-state index in [-0.39, 0.29) is 6.04 Å². The van der Waals surface area contributed by atoms with Crippen molar-refractivity contribution in [2.24, 2.45) is 5.73 Å². The Balaban J connectivity index is 1.72. The van der Waals surface area contributed by atoms with Gasteiger partial charge in [-0.1, -0.05) is 0 Å². The van der Waals surface area contributed by atoms with Gasteiger partial charge in [0.25, 0.3) is 0 Å². The largest absolute Gasteiger partial charge is 0.327 e. The standard InChI is InChI=1S/C16H23N3S/c1-11(2)19-8-6-12(18-19)10-15(17)13-4-3-5-16-14(13)7-9-20-16/h6-9,11,13,15H,3-5,10,17H2,1-2H3. The quantitative estimate of drug-likeness (QED) is 0.936. The normalized spacial score (nSPS) is 20.1. The van der Waals surface area contributed by atoms with Gasteiger partial charge in [-0.2, -0.15) is 5.10 Å². The Morgan fingerprint density at radius 1 is 1.45 bits per heavy atom. The number of thiophene rings is 1. The van der Waals surface area contributed by atoms with Crippen LogP contribution in [0.3, 0.4) is 0 Å². The summed E-state index contributed by atoms with van der Waals surface area (Å²) in [5, 5.41) is 6.84. The van der Waals surface area contributed by atoms with Crippen LogP contribution in [0.15, 0.2) is 23.7 Å². The molecule has 108 valence electrons. The Morgan fingerprint density at radius 3 is 3.05 bits per heavy atom. The highest BCUT2D eigenvalue weighted by molar-refractivity contribution is 7.10. The first-order chi connectivity index (χ1) is 9.65. The summed E-state index contributed by atoms with van der Waals surface area (Å²) in [6.45, 7) is 4.30. The molecule has 0 spiro atoms. The van der Waals surface area contributed by atoms with E-state index >= 15 is 0 Å². The average Bonchev–Trinajstić information content (AvgIpc) is 3.05. The first-order valence-corrected chi connectivity index (χ1v) is 8.39. The van der Waals surface area contributed by atoms with Crippen molar-refractivity contribution in [2.45, 2.75) is 57.5 Å². The number of aryl methyl sites for hydroxylation is 1. The fourth-order valence-corrected chi connectivity index (χ4v) is 4.12. The number of nitrogens with zero attached hydrogens (tertiary/aromatic N) is 2. The van der Waals surface area contributed by atoms with Crippen molar-refractivity contribution in [2.75, 3.05) is 0 Å². The molecule has 3 nitrogen and oxygen atoms in total. The second-order valence-corrected chi connectivity index (χ2v) is 7.05. The maximum Gasteiger partial charge on any atom is 0.0640 e. The molecular weight excluding hydrogens is 266 g/mol. The third-order valence-corrected chi connectivity index (χ3v) is 5.25. The van der Waals surface area contributed by atoms with Crippen molar-refractivity contribution in [1.82, 2.24) is 9.78 Å². The molecule has 0 radical (unpaired) electrons. The summed E-state index contributed by atoms with van der Waals surface area (Å²) in [5.41, 5.74) is 9.11. The summed E-state index contributed by atoms with van der Waals surface area (Å²) in [6, 6.07) is 4.98. The minimum atomic E-state index is 0.180. The molecule has 1 aliphatic rings. The van der Waals surface area contributed by atoms with Gasteiger partial charge in [-0.3, -0.25) is 4.68 Å². The van der Waals surface area contributed by atoms with E-state index in [4.69, 9.17) is 5.73 Å². The van der Waals surface area contributed by atoms with Crippen LogP contribution in [0.5, 0.6) is 0 Å². The first kappa shape index (κ1) is 13.8. The molecule has 0 aromatic carbocycles. The SMILES string of the molecule is CC(C)n1ccc(CC(N)C2CCCc3sccc32)n1. The maximum absolute atomic E-state index is 6.50. The van der Waals surface area contributed by atoms with Crippen molar-refractivity contribution >= 4 is 11.3 Å². The summed E-state index contributed by atoms with van der Waals surface area (Å²) in [5.74, 6) is 0.509. The fraction of sp³-hybridized carbons (Fsp3) is 0.562. The second-order valence-electron chi connectivity index (χ2n) is 6.05. The van der Waals surface area contributed by atoms with Gasteiger partial charge in [0.1, 0.15) is 0 Å². The van der Waals surface area contributed by atoms with E-state index in [1.54, 1.807) is 4.88 Å². The summed E-state index contributed by atoms with van der Waals surface area (Å²) in [6.07, 6.45) is 6.66. The van der Waals surface area contributed by atoms with E-state index in [0.717, 1.165) is 12.1 Å². The van der Waals surface area contributed by atoms with Crippen LogP contribution >= 0.6 is 11.3 Å².